The number of benzene rings is 1. The van der Waals surface area contributed by atoms with Crippen LogP contribution in [-0.4, -0.2) is 17.3 Å². The standard InChI is InChI=1S/C11H8Br2N2O/c12-8-4-11(16)15(6-8)10-2-1-7(5-14)3-9(10)13/h1-3,8H,4,6H2. The van der Waals surface area contributed by atoms with Crippen molar-refractivity contribution in [1.29, 1.82) is 5.26 Å². The Labute approximate surface area is 110 Å². The normalized spacial score (nSPS) is 19.9. The fraction of sp³-hybridized carbons (Fsp3) is 0.273. The molecule has 0 spiro atoms. The summed E-state index contributed by atoms with van der Waals surface area (Å²) in [7, 11) is 0. The minimum Gasteiger partial charge on any atom is -0.310 e. The summed E-state index contributed by atoms with van der Waals surface area (Å²) in [6.07, 6.45) is 0.520. The fourth-order valence-corrected chi connectivity index (χ4v) is 2.85. The van der Waals surface area contributed by atoms with Gasteiger partial charge in [0, 0.05) is 22.3 Å². The maximum absolute atomic E-state index is 11.7. The number of hydrogen-bond donors (Lipinski definition) is 0. The fourth-order valence-electron chi connectivity index (χ4n) is 1.69. The van der Waals surface area contributed by atoms with Gasteiger partial charge in [0.1, 0.15) is 0 Å². The molecule has 0 bridgehead atoms. The number of carbonyl (C=O) groups excluding carboxylic acids is 1. The zero-order valence-electron chi connectivity index (χ0n) is 8.28. The van der Waals surface area contributed by atoms with Crippen molar-refractivity contribution in [3.8, 4) is 6.07 Å². The smallest absolute Gasteiger partial charge is 0.228 e. The highest BCUT2D eigenvalue weighted by Gasteiger charge is 2.29. The van der Waals surface area contributed by atoms with E-state index < -0.39 is 0 Å². The second-order valence-corrected chi connectivity index (χ2v) is 5.73. The van der Waals surface area contributed by atoms with E-state index in [1.807, 2.05) is 0 Å². The second-order valence-electron chi connectivity index (χ2n) is 3.58. The van der Waals surface area contributed by atoms with Gasteiger partial charge < -0.3 is 4.90 Å². The monoisotopic (exact) mass is 342 g/mol. The quantitative estimate of drug-likeness (QED) is 0.736. The molecule has 1 amide bonds. The largest absolute Gasteiger partial charge is 0.310 e. The third-order valence-corrected chi connectivity index (χ3v) is 3.69. The number of alkyl halides is 1. The molecule has 0 aromatic heterocycles. The van der Waals surface area contributed by atoms with Gasteiger partial charge in [0.05, 0.1) is 17.3 Å². The predicted molar refractivity (Wildman–Crippen MR) is 68.5 cm³/mol. The Morgan fingerprint density at radius 1 is 1.50 bits per heavy atom. The molecule has 1 heterocycles. The summed E-state index contributed by atoms with van der Waals surface area (Å²) in [5.41, 5.74) is 1.41. The highest BCUT2D eigenvalue weighted by atomic mass is 79.9. The molecule has 5 heteroatoms. The van der Waals surface area contributed by atoms with Gasteiger partial charge in [0.15, 0.2) is 0 Å². The predicted octanol–water partition coefficient (Wildman–Crippen LogP) is 2.82. The van der Waals surface area contributed by atoms with E-state index in [2.05, 4.69) is 37.9 Å². The second kappa shape index (κ2) is 4.56. The van der Waals surface area contributed by atoms with E-state index in [4.69, 9.17) is 5.26 Å². The third kappa shape index (κ3) is 2.13. The first-order valence-corrected chi connectivity index (χ1v) is 6.47. The summed E-state index contributed by atoms with van der Waals surface area (Å²) in [5.74, 6) is 0.104. The van der Waals surface area contributed by atoms with Crippen LogP contribution in [0.1, 0.15) is 12.0 Å². The van der Waals surface area contributed by atoms with Gasteiger partial charge in [-0.05, 0) is 34.1 Å². The summed E-state index contributed by atoms with van der Waals surface area (Å²) in [6.45, 7) is 0.670. The van der Waals surface area contributed by atoms with Crippen LogP contribution in [0.2, 0.25) is 0 Å². The van der Waals surface area contributed by atoms with Crippen LogP contribution in [0.5, 0.6) is 0 Å². The first kappa shape index (κ1) is 11.6. The Kier molecular flexibility index (Phi) is 3.31. The molecule has 0 saturated carbocycles. The van der Waals surface area contributed by atoms with Crippen molar-refractivity contribution >= 4 is 43.5 Å². The highest BCUT2D eigenvalue weighted by molar-refractivity contribution is 9.10. The van der Waals surface area contributed by atoms with Crippen LogP contribution in [0, 0.1) is 11.3 Å². The Bertz CT molecular complexity index is 481. The lowest BCUT2D eigenvalue weighted by Crippen LogP contribution is -2.24. The topological polar surface area (TPSA) is 44.1 Å². The molecular formula is C11H8Br2N2O. The molecule has 16 heavy (non-hydrogen) atoms. The lowest BCUT2D eigenvalue weighted by Gasteiger charge is -2.17. The summed E-state index contributed by atoms with van der Waals surface area (Å²) >= 11 is 6.82. The zero-order chi connectivity index (χ0) is 11.7. The van der Waals surface area contributed by atoms with E-state index in [0.717, 1.165) is 10.2 Å². The Morgan fingerprint density at radius 2 is 2.25 bits per heavy atom. The molecular weight excluding hydrogens is 336 g/mol. The molecule has 0 aliphatic carbocycles. The number of nitriles is 1. The molecule has 1 fully saturated rings. The molecule has 82 valence electrons. The molecule has 1 unspecified atom stereocenters. The van der Waals surface area contributed by atoms with Gasteiger partial charge in [-0.25, -0.2) is 0 Å². The minimum absolute atomic E-state index is 0.104. The van der Waals surface area contributed by atoms with Crippen molar-refractivity contribution in [2.45, 2.75) is 11.2 Å². The van der Waals surface area contributed by atoms with Crippen LogP contribution < -0.4 is 4.90 Å². The van der Waals surface area contributed by atoms with Crippen LogP contribution in [0.4, 0.5) is 5.69 Å². The molecule has 0 radical (unpaired) electrons. The number of carbonyl (C=O) groups is 1. The van der Waals surface area contributed by atoms with Gasteiger partial charge in [-0.1, -0.05) is 15.9 Å². The van der Waals surface area contributed by atoms with E-state index in [0.29, 0.717) is 18.5 Å². The number of halogens is 2. The van der Waals surface area contributed by atoms with Gasteiger partial charge >= 0.3 is 0 Å². The molecule has 1 aromatic rings. The van der Waals surface area contributed by atoms with E-state index in [9.17, 15) is 4.79 Å². The van der Waals surface area contributed by atoms with Crippen LogP contribution in [0.25, 0.3) is 0 Å². The average Bonchev–Trinajstić information content (AvgIpc) is 2.57. The Balaban J connectivity index is 2.35. The lowest BCUT2D eigenvalue weighted by molar-refractivity contribution is -0.117. The molecule has 1 aliphatic rings. The average molecular weight is 344 g/mol. The molecule has 2 rings (SSSR count). The number of anilines is 1. The SMILES string of the molecule is N#Cc1ccc(N2CC(Br)CC2=O)c(Br)c1. The lowest BCUT2D eigenvalue weighted by atomic mass is 10.2. The van der Waals surface area contributed by atoms with Crippen molar-refractivity contribution in [3.05, 3.63) is 28.2 Å². The maximum Gasteiger partial charge on any atom is 0.228 e. The van der Waals surface area contributed by atoms with E-state index in [1.165, 1.54) is 0 Å². The van der Waals surface area contributed by atoms with Crippen molar-refractivity contribution < 1.29 is 4.79 Å². The van der Waals surface area contributed by atoms with Gasteiger partial charge in [-0.3, -0.25) is 4.79 Å². The molecule has 1 aromatic carbocycles. The van der Waals surface area contributed by atoms with Crippen molar-refractivity contribution in [2.75, 3.05) is 11.4 Å². The summed E-state index contributed by atoms with van der Waals surface area (Å²) < 4.78 is 0.779. The van der Waals surface area contributed by atoms with Gasteiger partial charge in [-0.2, -0.15) is 5.26 Å². The maximum atomic E-state index is 11.7. The van der Waals surface area contributed by atoms with Gasteiger partial charge in [-0.15, -0.1) is 0 Å². The summed E-state index contributed by atoms with van der Waals surface area (Å²) in [4.78, 5) is 13.6. The van der Waals surface area contributed by atoms with Gasteiger partial charge in [0.25, 0.3) is 0 Å². The van der Waals surface area contributed by atoms with Crippen LogP contribution >= 0.6 is 31.9 Å². The van der Waals surface area contributed by atoms with Crippen LogP contribution in [0.3, 0.4) is 0 Å². The van der Waals surface area contributed by atoms with Crippen LogP contribution in [0.15, 0.2) is 22.7 Å². The van der Waals surface area contributed by atoms with Crippen molar-refractivity contribution in [1.82, 2.24) is 0 Å². The molecule has 1 aliphatic heterocycles. The molecule has 1 atom stereocenters. The van der Waals surface area contributed by atoms with Crippen LogP contribution in [-0.2, 0) is 4.79 Å². The zero-order valence-corrected chi connectivity index (χ0v) is 11.5. The van der Waals surface area contributed by atoms with E-state index in [-0.39, 0.29) is 10.7 Å². The third-order valence-electron chi connectivity index (χ3n) is 2.45. The van der Waals surface area contributed by atoms with Crippen molar-refractivity contribution in [2.24, 2.45) is 0 Å². The number of amides is 1. The van der Waals surface area contributed by atoms with Crippen molar-refractivity contribution in [3.63, 3.8) is 0 Å². The Hall–Kier alpha value is -0.860. The van der Waals surface area contributed by atoms with Gasteiger partial charge in [0.2, 0.25) is 5.91 Å². The summed E-state index contributed by atoms with van der Waals surface area (Å²) in [6, 6.07) is 7.30. The first-order valence-electron chi connectivity index (χ1n) is 4.76. The number of rotatable bonds is 1. The molecule has 3 nitrogen and oxygen atoms in total. The number of hydrogen-bond acceptors (Lipinski definition) is 2. The van der Waals surface area contributed by atoms with E-state index in [1.54, 1.807) is 23.1 Å². The minimum atomic E-state index is 0.104. The first-order chi connectivity index (χ1) is 7.61. The molecule has 0 N–H and O–H groups in total. The number of nitrogens with zero attached hydrogens (tertiary/aromatic N) is 2. The highest BCUT2D eigenvalue weighted by Crippen LogP contribution is 2.32. The molecule has 1 saturated heterocycles. The summed E-state index contributed by atoms with van der Waals surface area (Å²) in [5, 5.41) is 8.75. The van der Waals surface area contributed by atoms with E-state index >= 15 is 0 Å². The Morgan fingerprint density at radius 3 is 2.75 bits per heavy atom.